The highest BCUT2D eigenvalue weighted by atomic mass is 16.6. The van der Waals surface area contributed by atoms with Crippen LogP contribution in [0.25, 0.3) is 0 Å². The van der Waals surface area contributed by atoms with E-state index in [1.165, 1.54) is 0 Å². The molecule has 1 unspecified atom stereocenters. The Kier molecular flexibility index (Phi) is 4.12. The van der Waals surface area contributed by atoms with Crippen LogP contribution in [0.5, 0.6) is 5.75 Å². The Labute approximate surface area is 121 Å². The molecule has 20 heavy (non-hydrogen) atoms. The topological polar surface area (TPSA) is 38.7 Å². The zero-order valence-corrected chi connectivity index (χ0v) is 13.1. The van der Waals surface area contributed by atoms with Crippen molar-refractivity contribution in [2.45, 2.75) is 70.9 Å². The third-order valence-electron chi connectivity index (χ3n) is 3.92. The highest BCUT2D eigenvalue weighted by Crippen LogP contribution is 2.39. The first-order valence-corrected chi connectivity index (χ1v) is 7.38. The van der Waals surface area contributed by atoms with Crippen LogP contribution in [0.4, 0.5) is 0 Å². The van der Waals surface area contributed by atoms with Crippen molar-refractivity contribution in [2.75, 3.05) is 0 Å². The van der Waals surface area contributed by atoms with E-state index >= 15 is 0 Å². The minimum atomic E-state index is -0.394. The van der Waals surface area contributed by atoms with E-state index in [-0.39, 0.29) is 17.3 Å². The lowest BCUT2D eigenvalue weighted by atomic mass is 9.97. The lowest BCUT2D eigenvalue weighted by Crippen LogP contribution is -2.36. The quantitative estimate of drug-likeness (QED) is 0.909. The maximum absolute atomic E-state index is 9.80. The third kappa shape index (κ3) is 3.33. The van der Waals surface area contributed by atoms with Crippen molar-refractivity contribution < 1.29 is 14.6 Å². The second-order valence-corrected chi connectivity index (χ2v) is 6.77. The molecule has 0 aromatic heterocycles. The Morgan fingerprint density at radius 2 is 1.85 bits per heavy atom. The third-order valence-corrected chi connectivity index (χ3v) is 3.92. The Balaban J connectivity index is 2.07. The number of aliphatic hydroxyl groups is 1. The molecule has 0 saturated carbocycles. The number of ether oxygens (including phenoxy) is 2. The van der Waals surface area contributed by atoms with Gasteiger partial charge in [0.05, 0.1) is 11.7 Å². The summed E-state index contributed by atoms with van der Waals surface area (Å²) in [6.07, 6.45) is 1.24. The van der Waals surface area contributed by atoms with Gasteiger partial charge in [0.25, 0.3) is 0 Å². The molecule has 0 bridgehead atoms. The molecule has 112 valence electrons. The van der Waals surface area contributed by atoms with E-state index in [0.717, 1.165) is 24.2 Å². The maximum Gasteiger partial charge on any atom is 0.130 e. The van der Waals surface area contributed by atoms with Crippen molar-refractivity contribution in [3.63, 3.8) is 0 Å². The van der Waals surface area contributed by atoms with Crippen LogP contribution in [0.3, 0.4) is 0 Å². The van der Waals surface area contributed by atoms with Crippen LogP contribution in [0.2, 0.25) is 0 Å². The lowest BCUT2D eigenvalue weighted by Gasteiger charge is -2.27. The number of hydrogen-bond donors (Lipinski definition) is 1. The summed E-state index contributed by atoms with van der Waals surface area (Å²) in [5.41, 5.74) is 0.500. The van der Waals surface area contributed by atoms with Gasteiger partial charge in [0, 0.05) is 6.42 Å². The van der Waals surface area contributed by atoms with Gasteiger partial charge < -0.3 is 14.6 Å². The molecule has 1 N–H and O–H groups in total. The molecule has 2 atom stereocenters. The predicted molar refractivity (Wildman–Crippen MR) is 80.0 cm³/mol. The molecule has 2 rings (SSSR count). The van der Waals surface area contributed by atoms with Gasteiger partial charge in [0.2, 0.25) is 0 Å². The van der Waals surface area contributed by atoms with Gasteiger partial charge in [-0.15, -0.1) is 0 Å². The van der Waals surface area contributed by atoms with Crippen LogP contribution >= 0.6 is 0 Å². The van der Waals surface area contributed by atoms with Crippen LogP contribution in [-0.2, 0) is 4.74 Å². The number of benzene rings is 1. The van der Waals surface area contributed by atoms with Gasteiger partial charge in [-0.05, 0) is 51.8 Å². The zero-order chi connectivity index (χ0) is 15.0. The molecule has 1 saturated heterocycles. The molecule has 1 heterocycles. The molecule has 0 aliphatic carbocycles. The largest absolute Gasteiger partial charge is 0.487 e. The Morgan fingerprint density at radius 3 is 2.30 bits per heavy atom. The Morgan fingerprint density at radius 1 is 1.25 bits per heavy atom. The first kappa shape index (κ1) is 15.3. The first-order chi connectivity index (χ1) is 9.23. The predicted octanol–water partition coefficient (Wildman–Crippen LogP) is 3.85. The van der Waals surface area contributed by atoms with Crippen LogP contribution in [-0.4, -0.2) is 22.4 Å². The molecule has 1 aliphatic rings. The fourth-order valence-corrected chi connectivity index (χ4v) is 2.86. The lowest BCUT2D eigenvalue weighted by molar-refractivity contribution is -0.0846. The molecule has 3 heteroatoms. The molecule has 0 amide bonds. The van der Waals surface area contributed by atoms with Crippen molar-refractivity contribution in [2.24, 2.45) is 0 Å². The second-order valence-electron chi connectivity index (χ2n) is 6.77. The van der Waals surface area contributed by atoms with E-state index in [2.05, 4.69) is 27.7 Å². The first-order valence-electron chi connectivity index (χ1n) is 7.38. The van der Waals surface area contributed by atoms with Crippen LogP contribution in [0.1, 0.15) is 59.1 Å². The van der Waals surface area contributed by atoms with Gasteiger partial charge in [-0.2, -0.15) is 0 Å². The molecular formula is C17H26O3. The normalized spacial score (nSPS) is 25.4. The summed E-state index contributed by atoms with van der Waals surface area (Å²) in [6, 6.07) is 7.71. The van der Waals surface area contributed by atoms with E-state index in [0.29, 0.717) is 0 Å². The fourth-order valence-electron chi connectivity index (χ4n) is 2.86. The molecule has 1 aromatic rings. The molecule has 1 fully saturated rings. The number of aliphatic hydroxyl groups excluding tert-OH is 1. The molecule has 0 radical (unpaired) electrons. The monoisotopic (exact) mass is 278 g/mol. The maximum atomic E-state index is 9.80. The Hall–Kier alpha value is -1.06. The van der Waals surface area contributed by atoms with Gasteiger partial charge in [-0.25, -0.2) is 0 Å². The average molecular weight is 278 g/mol. The van der Waals surface area contributed by atoms with E-state index in [4.69, 9.17) is 9.47 Å². The van der Waals surface area contributed by atoms with E-state index in [1.807, 2.05) is 31.2 Å². The van der Waals surface area contributed by atoms with Crippen molar-refractivity contribution in [1.29, 1.82) is 0 Å². The van der Waals surface area contributed by atoms with Gasteiger partial charge in [0.1, 0.15) is 17.5 Å². The van der Waals surface area contributed by atoms with Gasteiger partial charge in [-0.1, -0.05) is 19.1 Å². The zero-order valence-electron chi connectivity index (χ0n) is 13.1. The highest BCUT2D eigenvalue weighted by Gasteiger charge is 2.47. The van der Waals surface area contributed by atoms with Crippen molar-refractivity contribution in [3.05, 3.63) is 29.8 Å². The van der Waals surface area contributed by atoms with E-state index in [9.17, 15) is 5.11 Å². The van der Waals surface area contributed by atoms with E-state index in [1.54, 1.807) is 0 Å². The molecule has 1 aromatic carbocycles. The van der Waals surface area contributed by atoms with Crippen LogP contribution in [0, 0.1) is 0 Å². The van der Waals surface area contributed by atoms with Crippen LogP contribution < -0.4 is 4.74 Å². The smallest absolute Gasteiger partial charge is 0.130 e. The standard InChI is InChI=1S/C17H26O3/c1-6-14(18)12-7-9-13(10-8-12)19-15-11-16(2,3)20-17(15,4)5/h7-10,14-15,18H,6,11H2,1-5H3/t14-,15?/m1/s1. The van der Waals surface area contributed by atoms with Crippen LogP contribution in [0.15, 0.2) is 24.3 Å². The summed E-state index contributed by atoms with van der Waals surface area (Å²) in [6.45, 7) is 10.3. The second kappa shape index (κ2) is 5.38. The molecule has 1 aliphatic heterocycles. The molecule has 3 nitrogen and oxygen atoms in total. The molecular weight excluding hydrogens is 252 g/mol. The van der Waals surface area contributed by atoms with Crippen molar-refractivity contribution in [3.8, 4) is 5.75 Å². The summed E-state index contributed by atoms with van der Waals surface area (Å²) >= 11 is 0. The molecule has 0 spiro atoms. The van der Waals surface area contributed by atoms with Crippen molar-refractivity contribution >= 4 is 0 Å². The summed E-state index contributed by atoms with van der Waals surface area (Å²) in [5, 5.41) is 9.80. The summed E-state index contributed by atoms with van der Waals surface area (Å²) in [7, 11) is 0. The van der Waals surface area contributed by atoms with Gasteiger partial charge in [-0.3, -0.25) is 0 Å². The number of rotatable bonds is 4. The summed E-state index contributed by atoms with van der Waals surface area (Å²) in [5.74, 6) is 0.830. The fraction of sp³-hybridized carbons (Fsp3) is 0.647. The summed E-state index contributed by atoms with van der Waals surface area (Å²) < 4.78 is 12.1. The van der Waals surface area contributed by atoms with Crippen molar-refractivity contribution in [1.82, 2.24) is 0 Å². The Bertz CT molecular complexity index is 448. The summed E-state index contributed by atoms with van der Waals surface area (Å²) in [4.78, 5) is 0. The average Bonchev–Trinajstić information content (AvgIpc) is 2.57. The highest BCUT2D eigenvalue weighted by molar-refractivity contribution is 5.29. The number of hydrogen-bond acceptors (Lipinski definition) is 3. The SMILES string of the molecule is CC[C@@H](O)c1ccc(OC2CC(C)(C)OC2(C)C)cc1. The van der Waals surface area contributed by atoms with Gasteiger partial charge in [0.15, 0.2) is 0 Å². The van der Waals surface area contributed by atoms with E-state index < -0.39 is 6.10 Å². The minimum Gasteiger partial charge on any atom is -0.487 e. The van der Waals surface area contributed by atoms with Gasteiger partial charge >= 0.3 is 0 Å². The minimum absolute atomic E-state index is 0.0412.